The fourth-order valence-electron chi connectivity index (χ4n) is 21.3. The van der Waals surface area contributed by atoms with E-state index in [1.54, 1.807) is 36.9 Å². The van der Waals surface area contributed by atoms with Gasteiger partial charge in [-0.3, -0.25) is 0 Å². The molecule has 0 unspecified atom stereocenters. The molecular weight excluding hydrogens is 2130 g/mol. The Bertz CT molecular complexity index is 7300. The van der Waals surface area contributed by atoms with Crippen LogP contribution in [-0.2, 0) is 73.1 Å². The Morgan fingerprint density at radius 2 is 0.596 bits per heavy atom. The molecule has 0 bridgehead atoms. The van der Waals surface area contributed by atoms with E-state index in [1.165, 1.54) is 169 Å². The smallest absolute Gasteiger partial charge is 0.355 e. The van der Waals surface area contributed by atoms with Crippen LogP contribution in [0, 0.1) is 6.92 Å². The standard InChI is InChI=1S/C18H16S2.C17H13BrS2.C17H12Cl2S2.C17H13ClS2.C16H11ClS2.C13H14O2S2.C11H4F6S2/c1-12-4-3-5-13(10-12)11-18(2)14-6-8-19-16(14)17-15(18)7-9-20-17;1-17(10-11-2-4-12(18)5-3-11)13-6-8-19-15(13)16-14(17)7-9-20-16;1-17(9-10-2-3-13(18)14(19)8-10)11-4-6-20-15(11)16-12(17)5-7-21-16;1-17(10-11-4-2-3-5-14(11)18)12-6-8-19-15(12)16-13(17)7-9-20-16;1-16(10-3-2-4-11(17)9-10)12-5-7-18-14(12)15-13(16)6-8-19-15;1-13(12(14-2)15-3)8-4-6-16-10(8)11-9(13)5-7-17-11;12-10(13,14)9(11(15,16)17)5-1-3-18-7(5)8-6(9)2-4-19-8/h3-10H,11H2,1-2H3;2-9H,10H2,1H3;2-8H,9H2,1H3;2-9H,10H2,1H3;2-9H,1H3;4-7,12H,1-3H3;1-4H. The quantitative estimate of drug-likeness (QED) is 0.0897. The Morgan fingerprint density at radius 3 is 0.941 bits per heavy atom. The van der Waals surface area contributed by atoms with Crippen molar-refractivity contribution < 1.29 is 35.8 Å². The van der Waals surface area contributed by atoms with E-state index >= 15 is 0 Å². The molecular formula is C109H83BrCl4F6O2S14. The Kier molecular flexibility index (Phi) is 26.8. The van der Waals surface area contributed by atoms with Gasteiger partial charge in [-0.1, -0.05) is 168 Å². The van der Waals surface area contributed by atoms with Crippen molar-refractivity contribution >= 4 is 221 Å². The summed E-state index contributed by atoms with van der Waals surface area (Å²) in [6, 6.07) is 69.2. The van der Waals surface area contributed by atoms with E-state index in [1.807, 2.05) is 150 Å². The first-order valence-electron chi connectivity index (χ1n) is 43.4. The van der Waals surface area contributed by atoms with Crippen LogP contribution in [0.1, 0.15) is 153 Å². The summed E-state index contributed by atoms with van der Waals surface area (Å²) < 4.78 is 92.1. The Labute approximate surface area is 871 Å². The van der Waals surface area contributed by atoms with Crippen molar-refractivity contribution in [2.45, 2.75) is 131 Å². The number of hydrogen-bond donors (Lipinski definition) is 0. The van der Waals surface area contributed by atoms with Crippen LogP contribution in [0.4, 0.5) is 26.3 Å². The van der Waals surface area contributed by atoms with Gasteiger partial charge < -0.3 is 9.47 Å². The van der Waals surface area contributed by atoms with Gasteiger partial charge in [0.2, 0.25) is 5.41 Å². The average Bonchev–Trinajstić information content (AvgIpc) is 1.51. The number of methoxy groups -OCH3 is 2. The van der Waals surface area contributed by atoms with Crippen LogP contribution in [0.3, 0.4) is 0 Å². The van der Waals surface area contributed by atoms with Gasteiger partial charge in [0.15, 0.2) is 6.29 Å². The van der Waals surface area contributed by atoms with Crippen LogP contribution >= 0.6 is 221 Å². The lowest BCUT2D eigenvalue weighted by Crippen LogP contribution is -2.53. The van der Waals surface area contributed by atoms with Crippen molar-refractivity contribution in [2.24, 2.45) is 0 Å². The number of rotatable bonds is 12. The van der Waals surface area contributed by atoms with Gasteiger partial charge >= 0.3 is 12.4 Å². The third-order valence-electron chi connectivity index (χ3n) is 27.8. The SMILES string of the molecule is CC1(Cc2ccc(Br)cc2)c2ccsc2-c2sccc21.CC1(Cc2ccc(Cl)c(Cl)c2)c2ccsc2-c2sccc21.CC1(Cc2ccccc2Cl)c2ccsc2-c2sccc21.CC1(c2cccc(Cl)c2)c2ccsc2-c2sccc21.COC(OC)C1(C)c2ccsc2-c2sccc21.Cc1cccc(CC2(C)c3ccsc3-c3sccc32)c1.FC(F)(F)C1(C(F)(F)F)c2ccsc2-c2sccc21. The first kappa shape index (κ1) is 96.5. The summed E-state index contributed by atoms with van der Waals surface area (Å²) in [7, 11) is 3.41. The Morgan fingerprint density at radius 1 is 0.294 bits per heavy atom. The molecule has 2 nitrogen and oxygen atoms in total. The van der Waals surface area contributed by atoms with E-state index in [2.05, 4.69) is 281 Å². The van der Waals surface area contributed by atoms with Crippen molar-refractivity contribution in [3.63, 3.8) is 0 Å². The van der Waals surface area contributed by atoms with Gasteiger partial charge in [-0.2, -0.15) is 26.3 Å². The lowest BCUT2D eigenvalue weighted by atomic mass is 9.75. The summed E-state index contributed by atoms with van der Waals surface area (Å²) in [5.74, 6) is 0. The minimum Gasteiger partial charge on any atom is -0.355 e. The zero-order valence-electron chi connectivity index (χ0n) is 74.2. The third kappa shape index (κ3) is 16.2. The summed E-state index contributed by atoms with van der Waals surface area (Å²) in [6.45, 7) is 16.2. The highest BCUT2D eigenvalue weighted by molar-refractivity contribution is 9.10. The van der Waals surface area contributed by atoms with Crippen molar-refractivity contribution in [1.29, 1.82) is 0 Å². The number of fused-ring (bicyclic) bond motifs is 21. The first-order valence-corrected chi connectivity index (χ1v) is 58.0. The molecule has 7 aliphatic rings. The van der Waals surface area contributed by atoms with E-state index in [9.17, 15) is 26.3 Å². The molecule has 0 saturated carbocycles. The molecule has 14 aromatic heterocycles. The Balaban J connectivity index is 0.0000000982. The maximum Gasteiger partial charge on any atom is 0.411 e. The number of benzene rings is 5. The lowest BCUT2D eigenvalue weighted by molar-refractivity contribution is -0.287. The minimum absolute atomic E-state index is 0.0296. The van der Waals surface area contributed by atoms with Crippen LogP contribution in [-0.4, -0.2) is 32.9 Å². The largest absolute Gasteiger partial charge is 0.411 e. The highest BCUT2D eigenvalue weighted by Gasteiger charge is 2.76. The summed E-state index contributed by atoms with van der Waals surface area (Å²) >= 11 is 52.3. The highest BCUT2D eigenvalue weighted by Crippen LogP contribution is 2.68. The molecule has 7 aliphatic carbocycles. The molecule has 0 atom stereocenters. The summed E-state index contributed by atoms with van der Waals surface area (Å²) in [4.78, 5) is 17.4. The molecule has 0 spiro atoms. The second-order valence-corrected chi connectivity index (χ2v) is 51.1. The molecule has 0 aliphatic heterocycles. The average molecular weight is 2210 g/mol. The maximum atomic E-state index is 13.3. The molecule has 0 amide bonds. The first-order chi connectivity index (χ1) is 65.3. The van der Waals surface area contributed by atoms with Gasteiger partial charge in [-0.05, 0) is 344 Å². The molecule has 0 N–H and O–H groups in total. The maximum absolute atomic E-state index is 13.3. The summed E-state index contributed by atoms with van der Waals surface area (Å²) in [5, 5.41) is 31.9. The fraction of sp³-hybridized carbons (Fsp3) is 0.211. The van der Waals surface area contributed by atoms with E-state index < -0.39 is 28.9 Å². The number of halogens is 11. The van der Waals surface area contributed by atoms with Gasteiger partial charge in [0.1, 0.15) is 0 Å². The van der Waals surface area contributed by atoms with Crippen LogP contribution in [0.5, 0.6) is 0 Å². The zero-order valence-corrected chi connectivity index (χ0v) is 90.3. The molecule has 0 radical (unpaired) electrons. The number of alkyl halides is 6. The number of hydrogen-bond acceptors (Lipinski definition) is 16. The molecule has 692 valence electrons. The van der Waals surface area contributed by atoms with Crippen molar-refractivity contribution in [2.75, 3.05) is 14.2 Å². The van der Waals surface area contributed by atoms with Crippen LogP contribution in [0.25, 0.3) is 68.3 Å². The molecule has 14 heterocycles. The number of ether oxygens (including phenoxy) is 2. The van der Waals surface area contributed by atoms with Gasteiger partial charge in [0.25, 0.3) is 0 Å². The molecule has 26 rings (SSSR count). The second kappa shape index (κ2) is 37.7. The monoisotopic (exact) mass is 2200 g/mol. The molecule has 5 aromatic carbocycles. The lowest BCUT2D eigenvalue weighted by Gasteiger charge is -2.34. The molecule has 0 saturated heterocycles. The summed E-state index contributed by atoms with van der Waals surface area (Å²) in [5.41, 5.74) is 20.1. The van der Waals surface area contributed by atoms with E-state index in [0.29, 0.717) is 10.0 Å². The number of aryl methyl sites for hydroxylation is 1. The Hall–Kier alpha value is -6.96. The summed E-state index contributed by atoms with van der Waals surface area (Å²) in [6.07, 6.45) is -7.04. The molecule has 0 fully saturated rings. The third-order valence-corrected chi connectivity index (χ3v) is 43.6. The van der Waals surface area contributed by atoms with Crippen molar-refractivity contribution in [3.05, 3.63) is 411 Å². The topological polar surface area (TPSA) is 18.5 Å². The van der Waals surface area contributed by atoms with E-state index in [4.69, 9.17) is 55.9 Å². The van der Waals surface area contributed by atoms with Crippen LogP contribution < -0.4 is 0 Å². The van der Waals surface area contributed by atoms with Crippen LogP contribution in [0.15, 0.2) is 280 Å². The van der Waals surface area contributed by atoms with E-state index in [-0.39, 0.29) is 48.5 Å². The van der Waals surface area contributed by atoms with Crippen molar-refractivity contribution in [1.82, 2.24) is 0 Å². The molecule has 136 heavy (non-hydrogen) atoms. The molecule has 27 heteroatoms. The van der Waals surface area contributed by atoms with E-state index in [0.717, 1.165) is 75.0 Å². The van der Waals surface area contributed by atoms with Crippen molar-refractivity contribution in [3.8, 4) is 68.3 Å². The predicted molar refractivity (Wildman–Crippen MR) is 581 cm³/mol. The number of thiophene rings is 14. The van der Waals surface area contributed by atoms with Gasteiger partial charge in [0, 0.05) is 135 Å². The van der Waals surface area contributed by atoms with Gasteiger partial charge in [-0.25, -0.2) is 0 Å². The zero-order chi connectivity index (χ0) is 95.0. The van der Waals surface area contributed by atoms with Gasteiger partial charge in [-0.15, -0.1) is 159 Å². The minimum atomic E-state index is -5.42. The highest BCUT2D eigenvalue weighted by atomic mass is 79.9. The van der Waals surface area contributed by atoms with Gasteiger partial charge in [0.05, 0.1) is 15.5 Å². The normalized spacial score (nSPS) is 15.6. The van der Waals surface area contributed by atoms with Crippen LogP contribution in [0.2, 0.25) is 20.1 Å². The second-order valence-electron chi connectivity index (χ2n) is 35.7. The fourth-order valence-corrected chi connectivity index (χ4v) is 37.7. The molecule has 19 aromatic rings. The predicted octanol–water partition coefficient (Wildman–Crippen LogP) is 39.1.